The Morgan fingerprint density at radius 2 is 2.00 bits per heavy atom. The lowest BCUT2D eigenvalue weighted by atomic mass is 10.1. The minimum absolute atomic E-state index is 0.0882. The van der Waals surface area contributed by atoms with E-state index >= 15 is 0 Å². The number of halogens is 2. The van der Waals surface area contributed by atoms with Crippen molar-refractivity contribution in [2.75, 3.05) is 6.54 Å². The van der Waals surface area contributed by atoms with Crippen LogP contribution in [-0.4, -0.2) is 23.5 Å². The van der Waals surface area contributed by atoms with Gasteiger partial charge in [0.2, 0.25) is 0 Å². The van der Waals surface area contributed by atoms with Gasteiger partial charge in [0.05, 0.1) is 16.0 Å². The average molecular weight is 290 g/mol. The SMILES string of the molecule is CCC(CNC(=O)c1ccc(Cl)c(Cl)c1)C(=O)O. The molecule has 98 valence electrons. The molecule has 0 aliphatic rings. The van der Waals surface area contributed by atoms with Crippen molar-refractivity contribution in [2.45, 2.75) is 13.3 Å². The van der Waals surface area contributed by atoms with Gasteiger partial charge in [0.25, 0.3) is 5.91 Å². The summed E-state index contributed by atoms with van der Waals surface area (Å²) in [6.07, 6.45) is 0.455. The van der Waals surface area contributed by atoms with Gasteiger partial charge in [-0.05, 0) is 24.6 Å². The molecule has 0 aromatic heterocycles. The highest BCUT2D eigenvalue weighted by atomic mass is 35.5. The molecule has 0 saturated carbocycles. The van der Waals surface area contributed by atoms with Gasteiger partial charge < -0.3 is 10.4 Å². The molecule has 1 aromatic rings. The molecule has 1 aromatic carbocycles. The number of carboxylic acids is 1. The van der Waals surface area contributed by atoms with E-state index in [0.717, 1.165) is 0 Å². The Morgan fingerprint density at radius 3 is 2.50 bits per heavy atom. The van der Waals surface area contributed by atoms with Crippen LogP contribution in [0.1, 0.15) is 23.7 Å². The molecule has 4 nitrogen and oxygen atoms in total. The third-order valence-corrected chi connectivity index (χ3v) is 3.27. The lowest BCUT2D eigenvalue weighted by Gasteiger charge is -2.11. The zero-order valence-electron chi connectivity index (χ0n) is 9.74. The number of carboxylic acid groups (broad SMARTS) is 1. The van der Waals surface area contributed by atoms with Crippen molar-refractivity contribution in [2.24, 2.45) is 5.92 Å². The number of hydrogen-bond acceptors (Lipinski definition) is 2. The van der Waals surface area contributed by atoms with Crippen molar-refractivity contribution >= 4 is 35.1 Å². The quantitative estimate of drug-likeness (QED) is 0.876. The van der Waals surface area contributed by atoms with Gasteiger partial charge in [-0.1, -0.05) is 30.1 Å². The molecule has 0 aliphatic heterocycles. The highest BCUT2D eigenvalue weighted by molar-refractivity contribution is 6.42. The van der Waals surface area contributed by atoms with Crippen molar-refractivity contribution in [3.05, 3.63) is 33.8 Å². The second-order valence-corrected chi connectivity index (χ2v) is 4.60. The van der Waals surface area contributed by atoms with Gasteiger partial charge in [-0.15, -0.1) is 0 Å². The summed E-state index contributed by atoms with van der Waals surface area (Å²) in [5.74, 6) is -1.88. The van der Waals surface area contributed by atoms with Crippen molar-refractivity contribution in [3.63, 3.8) is 0 Å². The van der Waals surface area contributed by atoms with E-state index in [4.69, 9.17) is 28.3 Å². The molecular formula is C12H13Cl2NO3. The van der Waals surface area contributed by atoms with Crippen molar-refractivity contribution in [1.82, 2.24) is 5.32 Å². The Labute approximate surface area is 115 Å². The van der Waals surface area contributed by atoms with Gasteiger partial charge in [0.1, 0.15) is 0 Å². The van der Waals surface area contributed by atoms with Gasteiger partial charge in [-0.25, -0.2) is 0 Å². The summed E-state index contributed by atoms with van der Waals surface area (Å²) in [4.78, 5) is 22.5. The van der Waals surface area contributed by atoms with Gasteiger partial charge in [0, 0.05) is 12.1 Å². The molecule has 1 atom stereocenters. The molecule has 18 heavy (non-hydrogen) atoms. The molecule has 0 spiro atoms. The fourth-order valence-electron chi connectivity index (χ4n) is 1.36. The van der Waals surface area contributed by atoms with Gasteiger partial charge >= 0.3 is 5.97 Å². The minimum atomic E-state index is -0.924. The van der Waals surface area contributed by atoms with Gasteiger partial charge in [0.15, 0.2) is 0 Å². The third-order valence-electron chi connectivity index (χ3n) is 2.53. The van der Waals surface area contributed by atoms with Crippen LogP contribution in [0, 0.1) is 5.92 Å². The first kappa shape index (κ1) is 14.8. The summed E-state index contributed by atoms with van der Waals surface area (Å²) in [5.41, 5.74) is 0.352. The summed E-state index contributed by atoms with van der Waals surface area (Å²) < 4.78 is 0. The van der Waals surface area contributed by atoms with Crippen LogP contribution in [0.2, 0.25) is 10.0 Å². The maximum Gasteiger partial charge on any atom is 0.308 e. The zero-order chi connectivity index (χ0) is 13.7. The lowest BCUT2D eigenvalue weighted by Crippen LogP contribution is -2.32. The molecule has 0 bridgehead atoms. The number of aliphatic carboxylic acids is 1. The highest BCUT2D eigenvalue weighted by Gasteiger charge is 2.16. The Balaban J connectivity index is 2.65. The van der Waals surface area contributed by atoms with E-state index < -0.39 is 11.9 Å². The largest absolute Gasteiger partial charge is 0.481 e. The molecule has 0 saturated heterocycles. The topological polar surface area (TPSA) is 66.4 Å². The van der Waals surface area contributed by atoms with E-state index in [-0.39, 0.29) is 17.5 Å². The van der Waals surface area contributed by atoms with Crippen LogP contribution >= 0.6 is 23.2 Å². The predicted molar refractivity (Wildman–Crippen MR) is 70.2 cm³/mol. The second-order valence-electron chi connectivity index (χ2n) is 3.78. The van der Waals surface area contributed by atoms with Crippen molar-refractivity contribution in [3.8, 4) is 0 Å². The van der Waals surface area contributed by atoms with E-state index in [1.54, 1.807) is 6.92 Å². The fourth-order valence-corrected chi connectivity index (χ4v) is 1.66. The molecule has 0 radical (unpaired) electrons. The smallest absolute Gasteiger partial charge is 0.308 e. The molecule has 0 aliphatic carbocycles. The molecule has 0 fully saturated rings. The molecule has 1 amide bonds. The summed E-state index contributed by atoms with van der Waals surface area (Å²) in [7, 11) is 0. The number of benzene rings is 1. The third kappa shape index (κ3) is 3.89. The highest BCUT2D eigenvalue weighted by Crippen LogP contribution is 2.22. The van der Waals surface area contributed by atoms with Crippen LogP contribution in [0.25, 0.3) is 0 Å². The first-order valence-corrected chi connectivity index (χ1v) is 6.17. The average Bonchev–Trinajstić information content (AvgIpc) is 2.32. The van der Waals surface area contributed by atoms with Crippen LogP contribution in [0.3, 0.4) is 0 Å². The molecule has 1 rings (SSSR count). The predicted octanol–water partition coefficient (Wildman–Crippen LogP) is 2.83. The summed E-state index contributed by atoms with van der Waals surface area (Å²) >= 11 is 11.5. The van der Waals surface area contributed by atoms with E-state index in [9.17, 15) is 9.59 Å². The Morgan fingerprint density at radius 1 is 1.33 bits per heavy atom. The van der Waals surface area contributed by atoms with Crippen LogP contribution in [-0.2, 0) is 4.79 Å². The number of carbonyl (C=O) groups excluding carboxylic acids is 1. The summed E-state index contributed by atoms with van der Waals surface area (Å²) in [5, 5.41) is 12.1. The zero-order valence-corrected chi connectivity index (χ0v) is 11.3. The van der Waals surface area contributed by atoms with Crippen molar-refractivity contribution < 1.29 is 14.7 Å². The molecule has 2 N–H and O–H groups in total. The lowest BCUT2D eigenvalue weighted by molar-refractivity contribution is -0.141. The first-order chi connectivity index (χ1) is 8.45. The first-order valence-electron chi connectivity index (χ1n) is 5.41. The van der Waals surface area contributed by atoms with E-state index in [1.165, 1.54) is 18.2 Å². The summed E-state index contributed by atoms with van der Waals surface area (Å²) in [6.45, 7) is 1.84. The molecule has 1 unspecified atom stereocenters. The van der Waals surface area contributed by atoms with Crippen LogP contribution in [0.15, 0.2) is 18.2 Å². The minimum Gasteiger partial charge on any atom is -0.481 e. The summed E-state index contributed by atoms with van der Waals surface area (Å²) in [6, 6.07) is 4.50. The standard InChI is InChI=1S/C12H13Cl2NO3/c1-2-7(12(17)18)6-15-11(16)8-3-4-9(13)10(14)5-8/h3-5,7H,2,6H2,1H3,(H,15,16)(H,17,18). The maximum atomic E-state index is 11.7. The monoisotopic (exact) mass is 289 g/mol. The van der Waals surface area contributed by atoms with Gasteiger partial charge in [-0.2, -0.15) is 0 Å². The number of nitrogens with one attached hydrogen (secondary N) is 1. The van der Waals surface area contributed by atoms with E-state index in [2.05, 4.69) is 5.32 Å². The van der Waals surface area contributed by atoms with E-state index in [1.807, 2.05) is 0 Å². The van der Waals surface area contributed by atoms with E-state index in [0.29, 0.717) is 17.0 Å². The van der Waals surface area contributed by atoms with Crippen LogP contribution in [0.5, 0.6) is 0 Å². The second kappa shape index (κ2) is 6.61. The molecule has 0 heterocycles. The van der Waals surface area contributed by atoms with Crippen LogP contribution < -0.4 is 5.32 Å². The number of carbonyl (C=O) groups is 2. The Kier molecular flexibility index (Phi) is 5.44. The normalized spacial score (nSPS) is 11.9. The Bertz CT molecular complexity index is 463. The molecule has 6 heteroatoms. The number of amides is 1. The fraction of sp³-hybridized carbons (Fsp3) is 0.333. The number of hydrogen-bond donors (Lipinski definition) is 2. The van der Waals surface area contributed by atoms with Gasteiger partial charge in [-0.3, -0.25) is 9.59 Å². The van der Waals surface area contributed by atoms with Crippen LogP contribution in [0.4, 0.5) is 0 Å². The molecular weight excluding hydrogens is 277 g/mol. The number of rotatable bonds is 5. The Hall–Kier alpha value is -1.26. The van der Waals surface area contributed by atoms with Crippen molar-refractivity contribution in [1.29, 1.82) is 0 Å². The maximum absolute atomic E-state index is 11.7.